The molecule has 4 rings (SSSR count). The predicted molar refractivity (Wildman–Crippen MR) is 149 cm³/mol. The lowest BCUT2D eigenvalue weighted by atomic mass is 10.1. The number of primary sulfonamides is 1. The third-order valence-electron chi connectivity index (χ3n) is 5.49. The molecular formula is C28H25N3O5S2. The molecule has 0 radical (unpaired) electrons. The van der Waals surface area contributed by atoms with E-state index in [4.69, 9.17) is 9.88 Å². The van der Waals surface area contributed by atoms with E-state index in [-0.39, 0.29) is 16.7 Å². The van der Waals surface area contributed by atoms with Crippen molar-refractivity contribution in [3.8, 4) is 5.75 Å². The Kier molecular flexibility index (Phi) is 8.47. The topological polar surface area (TPSA) is 128 Å². The molecule has 4 aromatic carbocycles. The van der Waals surface area contributed by atoms with E-state index in [2.05, 4.69) is 10.6 Å². The number of carbonyl (C=O) groups excluding carboxylic acids is 2. The van der Waals surface area contributed by atoms with Gasteiger partial charge in [0.05, 0.1) is 12.0 Å². The van der Waals surface area contributed by atoms with E-state index in [0.717, 1.165) is 10.5 Å². The van der Waals surface area contributed by atoms with Crippen LogP contribution in [0, 0.1) is 0 Å². The number of thioether (sulfide) groups is 1. The summed E-state index contributed by atoms with van der Waals surface area (Å²) in [5.74, 6) is 0.0952. The molecule has 8 nitrogen and oxygen atoms in total. The first-order valence-corrected chi connectivity index (χ1v) is 13.9. The Balaban J connectivity index is 1.52. The van der Waals surface area contributed by atoms with Gasteiger partial charge in [-0.05, 0) is 72.3 Å². The molecule has 10 heteroatoms. The highest BCUT2D eigenvalue weighted by atomic mass is 32.2. The number of nitrogens with two attached hydrogens (primary N) is 1. The number of anilines is 2. The number of rotatable bonds is 9. The van der Waals surface area contributed by atoms with Crippen molar-refractivity contribution in [2.24, 2.45) is 5.14 Å². The van der Waals surface area contributed by atoms with Gasteiger partial charge >= 0.3 is 0 Å². The Morgan fingerprint density at radius 3 is 2.13 bits per heavy atom. The standard InChI is InChI=1S/C28H25N3O5S2/c1-36-23-14-10-20(11-15-23)27(32)31-22-8-5-9-24(18-22)37-26(19-6-3-2-4-7-19)28(33)30-21-12-16-25(17-13-21)38(29,34)35/h2-18,26H,1H3,(H,30,33)(H,31,32)(H2,29,34,35). The van der Waals surface area contributed by atoms with Crippen LogP contribution >= 0.6 is 11.8 Å². The number of hydrogen-bond donors (Lipinski definition) is 3. The van der Waals surface area contributed by atoms with Crippen LogP contribution < -0.4 is 20.5 Å². The highest BCUT2D eigenvalue weighted by Crippen LogP contribution is 2.37. The molecule has 1 unspecified atom stereocenters. The molecule has 0 heterocycles. The molecule has 194 valence electrons. The zero-order valence-corrected chi connectivity index (χ0v) is 22.0. The van der Waals surface area contributed by atoms with Crippen LogP contribution in [-0.4, -0.2) is 27.3 Å². The summed E-state index contributed by atoms with van der Waals surface area (Å²) in [5, 5.41) is 10.3. The van der Waals surface area contributed by atoms with Crippen molar-refractivity contribution in [1.29, 1.82) is 0 Å². The van der Waals surface area contributed by atoms with E-state index in [1.54, 1.807) is 49.6 Å². The maximum absolute atomic E-state index is 13.3. The van der Waals surface area contributed by atoms with Crippen molar-refractivity contribution in [3.05, 3.63) is 114 Å². The van der Waals surface area contributed by atoms with E-state index in [1.165, 1.54) is 36.0 Å². The van der Waals surface area contributed by atoms with Gasteiger partial charge in [-0.2, -0.15) is 0 Å². The predicted octanol–water partition coefficient (Wildman–Crippen LogP) is 5.07. The maximum Gasteiger partial charge on any atom is 0.255 e. The van der Waals surface area contributed by atoms with Gasteiger partial charge in [0.1, 0.15) is 11.0 Å². The quantitative estimate of drug-likeness (QED) is 0.251. The fourth-order valence-electron chi connectivity index (χ4n) is 3.57. The monoisotopic (exact) mass is 547 g/mol. The van der Waals surface area contributed by atoms with Gasteiger partial charge in [0.15, 0.2) is 0 Å². The molecule has 0 aromatic heterocycles. The van der Waals surface area contributed by atoms with E-state index >= 15 is 0 Å². The van der Waals surface area contributed by atoms with Crippen LogP contribution in [0.3, 0.4) is 0 Å². The van der Waals surface area contributed by atoms with E-state index < -0.39 is 15.3 Å². The van der Waals surface area contributed by atoms with Crippen molar-refractivity contribution < 1.29 is 22.7 Å². The molecule has 4 N–H and O–H groups in total. The number of amides is 2. The number of methoxy groups -OCH3 is 1. The van der Waals surface area contributed by atoms with E-state index in [1.807, 2.05) is 36.4 Å². The van der Waals surface area contributed by atoms with E-state index in [0.29, 0.717) is 22.7 Å². The van der Waals surface area contributed by atoms with Gasteiger partial charge < -0.3 is 15.4 Å². The molecule has 0 aliphatic rings. The van der Waals surface area contributed by atoms with Crippen LogP contribution in [0.15, 0.2) is 113 Å². The number of ether oxygens (including phenoxy) is 1. The van der Waals surface area contributed by atoms with Crippen LogP contribution in [-0.2, 0) is 14.8 Å². The van der Waals surface area contributed by atoms with Gasteiger partial charge in [-0.1, -0.05) is 36.4 Å². The van der Waals surface area contributed by atoms with Crippen LogP contribution in [0.2, 0.25) is 0 Å². The molecule has 0 aliphatic heterocycles. The fraction of sp³-hybridized carbons (Fsp3) is 0.0714. The first kappa shape index (κ1) is 26.9. The Labute approximate surface area is 225 Å². The van der Waals surface area contributed by atoms with Gasteiger partial charge in [0.25, 0.3) is 5.91 Å². The van der Waals surface area contributed by atoms with Crippen molar-refractivity contribution in [1.82, 2.24) is 0 Å². The van der Waals surface area contributed by atoms with Gasteiger partial charge in [0.2, 0.25) is 15.9 Å². The minimum Gasteiger partial charge on any atom is -0.497 e. The largest absolute Gasteiger partial charge is 0.497 e. The summed E-state index contributed by atoms with van der Waals surface area (Å²) in [6.07, 6.45) is 0. The third-order valence-corrected chi connectivity index (χ3v) is 7.67. The van der Waals surface area contributed by atoms with Gasteiger partial charge in [-0.15, -0.1) is 11.8 Å². The van der Waals surface area contributed by atoms with Crippen LogP contribution in [0.4, 0.5) is 11.4 Å². The highest BCUT2D eigenvalue weighted by molar-refractivity contribution is 8.00. The normalized spacial score (nSPS) is 11.8. The number of carbonyl (C=O) groups is 2. The van der Waals surface area contributed by atoms with Crippen molar-refractivity contribution >= 4 is 45.0 Å². The van der Waals surface area contributed by atoms with Crippen molar-refractivity contribution in [2.75, 3.05) is 17.7 Å². The molecule has 4 aromatic rings. The first-order valence-electron chi connectivity index (χ1n) is 11.4. The lowest BCUT2D eigenvalue weighted by Crippen LogP contribution is -2.19. The fourth-order valence-corrected chi connectivity index (χ4v) is 5.16. The zero-order valence-electron chi connectivity index (χ0n) is 20.3. The summed E-state index contributed by atoms with van der Waals surface area (Å²) in [6.45, 7) is 0. The van der Waals surface area contributed by atoms with Gasteiger partial charge in [0, 0.05) is 21.8 Å². The van der Waals surface area contributed by atoms with Crippen molar-refractivity contribution in [2.45, 2.75) is 15.0 Å². The Morgan fingerprint density at radius 1 is 0.816 bits per heavy atom. The zero-order chi connectivity index (χ0) is 27.1. The van der Waals surface area contributed by atoms with Crippen molar-refractivity contribution in [3.63, 3.8) is 0 Å². The highest BCUT2D eigenvalue weighted by Gasteiger charge is 2.23. The first-order chi connectivity index (χ1) is 18.2. The second-order valence-corrected chi connectivity index (χ2v) is 10.9. The second kappa shape index (κ2) is 12.0. The molecule has 0 aliphatic carbocycles. The smallest absolute Gasteiger partial charge is 0.255 e. The summed E-state index contributed by atoms with van der Waals surface area (Å²) < 4.78 is 28.2. The van der Waals surface area contributed by atoms with Gasteiger partial charge in [-0.25, -0.2) is 13.6 Å². The lowest BCUT2D eigenvalue weighted by Gasteiger charge is -2.18. The maximum atomic E-state index is 13.3. The molecule has 0 spiro atoms. The summed E-state index contributed by atoms with van der Waals surface area (Å²) in [4.78, 5) is 26.8. The van der Waals surface area contributed by atoms with Gasteiger partial charge in [-0.3, -0.25) is 9.59 Å². The SMILES string of the molecule is COc1ccc(C(=O)Nc2cccc(SC(C(=O)Nc3ccc(S(N)(=O)=O)cc3)c3ccccc3)c2)cc1. The number of hydrogen-bond acceptors (Lipinski definition) is 6. The minimum atomic E-state index is -3.83. The Bertz CT molecular complexity index is 1530. The lowest BCUT2D eigenvalue weighted by molar-refractivity contribution is -0.115. The summed E-state index contributed by atoms with van der Waals surface area (Å²) in [5.41, 5.74) is 2.29. The van der Waals surface area contributed by atoms with Crippen LogP contribution in [0.25, 0.3) is 0 Å². The molecule has 2 amide bonds. The van der Waals surface area contributed by atoms with Crippen LogP contribution in [0.1, 0.15) is 21.2 Å². The minimum absolute atomic E-state index is 0.0435. The average molecular weight is 548 g/mol. The molecular weight excluding hydrogens is 522 g/mol. The molecule has 0 fully saturated rings. The third kappa shape index (κ3) is 7.00. The second-order valence-electron chi connectivity index (χ2n) is 8.18. The summed E-state index contributed by atoms with van der Waals surface area (Å²) >= 11 is 1.32. The summed E-state index contributed by atoms with van der Waals surface area (Å²) in [7, 11) is -2.27. The Morgan fingerprint density at radius 2 is 1.50 bits per heavy atom. The van der Waals surface area contributed by atoms with E-state index in [9.17, 15) is 18.0 Å². The molecule has 0 saturated carbocycles. The molecule has 38 heavy (non-hydrogen) atoms. The number of nitrogens with one attached hydrogen (secondary N) is 2. The molecule has 0 saturated heterocycles. The molecule has 0 bridgehead atoms. The average Bonchev–Trinajstić information content (AvgIpc) is 2.92. The summed E-state index contributed by atoms with van der Waals surface area (Å²) in [6, 6.07) is 29.0. The Hall–Kier alpha value is -4.12. The molecule has 1 atom stereocenters. The number of benzene rings is 4. The van der Waals surface area contributed by atoms with Crippen LogP contribution in [0.5, 0.6) is 5.75 Å². The number of sulfonamides is 1.